The molecule has 1 aliphatic carbocycles. The fourth-order valence-corrected chi connectivity index (χ4v) is 3.53. The molecule has 2 N–H and O–H groups in total. The minimum Gasteiger partial charge on any atom is -0.284 e. The molecule has 2 rings (SSSR count). The minimum absolute atomic E-state index is 0.0207. The summed E-state index contributed by atoms with van der Waals surface area (Å²) in [6.45, 7) is 4.20. The molecular formula is C10H17N3O2S. The van der Waals surface area contributed by atoms with Gasteiger partial charge in [0.15, 0.2) is 0 Å². The third kappa shape index (κ3) is 2.12. The Hall–Kier alpha value is -0.880. The summed E-state index contributed by atoms with van der Waals surface area (Å²) >= 11 is 0. The van der Waals surface area contributed by atoms with Crippen LogP contribution in [0.5, 0.6) is 0 Å². The Morgan fingerprint density at radius 2 is 2.31 bits per heavy atom. The molecule has 0 radical (unpaired) electrons. The first-order valence-electron chi connectivity index (χ1n) is 5.43. The van der Waals surface area contributed by atoms with Crippen molar-refractivity contribution in [2.45, 2.75) is 44.0 Å². The first kappa shape index (κ1) is 11.6. The molecule has 0 bridgehead atoms. The molecule has 1 saturated carbocycles. The third-order valence-electron chi connectivity index (χ3n) is 3.34. The standard InChI is InChI=1S/C10H17N3O2S/c1-10(2)5-3-4-9(10)13-16(14,15)8-6-11-12-7-8/h6-7,9,13H,3-5H2,1-2H3,(H,11,12). The normalized spacial score (nSPS) is 24.8. The summed E-state index contributed by atoms with van der Waals surface area (Å²) in [6, 6.07) is 0.0207. The van der Waals surface area contributed by atoms with Crippen molar-refractivity contribution < 1.29 is 8.42 Å². The van der Waals surface area contributed by atoms with Gasteiger partial charge in [-0.2, -0.15) is 5.10 Å². The molecule has 0 amide bonds. The number of aromatic nitrogens is 2. The van der Waals surface area contributed by atoms with E-state index in [4.69, 9.17) is 0 Å². The lowest BCUT2D eigenvalue weighted by Crippen LogP contribution is -2.41. The van der Waals surface area contributed by atoms with Crippen molar-refractivity contribution >= 4 is 10.0 Å². The highest BCUT2D eigenvalue weighted by atomic mass is 32.2. The number of H-pyrrole nitrogens is 1. The van der Waals surface area contributed by atoms with Crippen molar-refractivity contribution in [3.63, 3.8) is 0 Å². The van der Waals surface area contributed by atoms with Crippen LogP contribution in [0, 0.1) is 5.41 Å². The molecule has 6 heteroatoms. The second kappa shape index (κ2) is 3.85. The second-order valence-electron chi connectivity index (χ2n) is 4.99. The molecule has 1 aromatic rings. The van der Waals surface area contributed by atoms with Crippen molar-refractivity contribution in [1.82, 2.24) is 14.9 Å². The molecule has 0 saturated heterocycles. The minimum atomic E-state index is -3.42. The summed E-state index contributed by atoms with van der Waals surface area (Å²) < 4.78 is 26.7. The Kier molecular flexibility index (Phi) is 2.79. The molecule has 16 heavy (non-hydrogen) atoms. The van der Waals surface area contributed by atoms with E-state index in [1.807, 2.05) is 0 Å². The maximum Gasteiger partial charge on any atom is 0.243 e. The van der Waals surface area contributed by atoms with Gasteiger partial charge in [0.1, 0.15) is 4.90 Å². The molecule has 1 aromatic heterocycles. The van der Waals surface area contributed by atoms with Crippen LogP contribution in [0.4, 0.5) is 0 Å². The van der Waals surface area contributed by atoms with Crippen molar-refractivity contribution in [1.29, 1.82) is 0 Å². The van der Waals surface area contributed by atoms with Gasteiger partial charge >= 0.3 is 0 Å². The number of sulfonamides is 1. The average molecular weight is 243 g/mol. The molecule has 1 fully saturated rings. The van der Waals surface area contributed by atoms with Crippen LogP contribution in [-0.2, 0) is 10.0 Å². The Bertz CT molecular complexity index is 450. The van der Waals surface area contributed by atoms with Gasteiger partial charge in [0, 0.05) is 12.2 Å². The highest BCUT2D eigenvalue weighted by Crippen LogP contribution is 2.37. The zero-order valence-corrected chi connectivity index (χ0v) is 10.3. The molecule has 1 atom stereocenters. The van der Waals surface area contributed by atoms with Crippen molar-refractivity contribution in [3.8, 4) is 0 Å². The topological polar surface area (TPSA) is 74.8 Å². The monoisotopic (exact) mass is 243 g/mol. The van der Waals surface area contributed by atoms with Gasteiger partial charge in [0.05, 0.1) is 6.20 Å². The summed E-state index contributed by atoms with van der Waals surface area (Å²) in [4.78, 5) is 0.204. The number of aromatic amines is 1. The lowest BCUT2D eigenvalue weighted by atomic mass is 9.88. The van der Waals surface area contributed by atoms with E-state index < -0.39 is 10.0 Å². The van der Waals surface area contributed by atoms with Crippen molar-refractivity contribution in [3.05, 3.63) is 12.4 Å². The van der Waals surface area contributed by atoms with Gasteiger partial charge in [0.25, 0.3) is 0 Å². The fraction of sp³-hybridized carbons (Fsp3) is 0.700. The van der Waals surface area contributed by atoms with E-state index in [1.54, 1.807) is 0 Å². The quantitative estimate of drug-likeness (QED) is 0.839. The van der Waals surface area contributed by atoms with Gasteiger partial charge in [-0.15, -0.1) is 0 Å². The molecule has 90 valence electrons. The third-order valence-corrected chi connectivity index (χ3v) is 4.78. The van der Waals surface area contributed by atoms with E-state index >= 15 is 0 Å². The van der Waals surface area contributed by atoms with Gasteiger partial charge in [-0.1, -0.05) is 20.3 Å². The van der Waals surface area contributed by atoms with Crippen LogP contribution in [0.3, 0.4) is 0 Å². The summed E-state index contributed by atoms with van der Waals surface area (Å²) in [5, 5.41) is 6.17. The maximum absolute atomic E-state index is 12.0. The number of hydrogen-bond donors (Lipinski definition) is 2. The number of nitrogens with zero attached hydrogens (tertiary/aromatic N) is 1. The Morgan fingerprint density at radius 3 is 2.81 bits per heavy atom. The van der Waals surface area contributed by atoms with E-state index in [0.717, 1.165) is 19.3 Å². The van der Waals surface area contributed by atoms with Crippen LogP contribution in [-0.4, -0.2) is 24.7 Å². The predicted molar refractivity (Wildman–Crippen MR) is 60.3 cm³/mol. The highest BCUT2D eigenvalue weighted by Gasteiger charge is 2.37. The van der Waals surface area contributed by atoms with Gasteiger partial charge in [-0.25, -0.2) is 13.1 Å². The average Bonchev–Trinajstić information content (AvgIpc) is 2.76. The van der Waals surface area contributed by atoms with Gasteiger partial charge in [0.2, 0.25) is 10.0 Å². The molecular weight excluding hydrogens is 226 g/mol. The van der Waals surface area contributed by atoms with Crippen LogP contribution in [0.1, 0.15) is 33.1 Å². The van der Waals surface area contributed by atoms with Gasteiger partial charge < -0.3 is 0 Å². The SMILES string of the molecule is CC1(C)CCCC1NS(=O)(=O)c1cn[nH]c1. The van der Waals surface area contributed by atoms with Crippen LogP contribution in [0.15, 0.2) is 17.3 Å². The van der Waals surface area contributed by atoms with Gasteiger partial charge in [-0.3, -0.25) is 5.10 Å². The first-order valence-corrected chi connectivity index (χ1v) is 6.91. The summed E-state index contributed by atoms with van der Waals surface area (Å²) in [6.07, 6.45) is 5.76. The predicted octanol–water partition coefficient (Wildman–Crippen LogP) is 1.27. The zero-order chi connectivity index (χ0) is 11.8. The number of rotatable bonds is 3. The van der Waals surface area contributed by atoms with Crippen LogP contribution < -0.4 is 4.72 Å². The fourth-order valence-electron chi connectivity index (χ4n) is 2.19. The zero-order valence-electron chi connectivity index (χ0n) is 9.53. The second-order valence-corrected chi connectivity index (χ2v) is 6.70. The number of nitrogens with one attached hydrogen (secondary N) is 2. The summed E-state index contributed by atoms with van der Waals surface area (Å²) in [5.74, 6) is 0. The van der Waals surface area contributed by atoms with Crippen molar-refractivity contribution in [2.24, 2.45) is 5.41 Å². The summed E-state index contributed by atoms with van der Waals surface area (Å²) in [7, 11) is -3.42. The molecule has 0 aromatic carbocycles. The van der Waals surface area contributed by atoms with Crippen LogP contribution >= 0.6 is 0 Å². The van der Waals surface area contributed by atoms with E-state index in [-0.39, 0.29) is 16.4 Å². The number of hydrogen-bond acceptors (Lipinski definition) is 3. The molecule has 1 heterocycles. The lowest BCUT2D eigenvalue weighted by molar-refractivity contribution is 0.313. The lowest BCUT2D eigenvalue weighted by Gasteiger charge is -2.27. The van der Waals surface area contributed by atoms with Gasteiger partial charge in [-0.05, 0) is 18.3 Å². The van der Waals surface area contributed by atoms with E-state index in [0.29, 0.717) is 0 Å². The van der Waals surface area contributed by atoms with E-state index in [2.05, 4.69) is 28.8 Å². The molecule has 1 unspecified atom stereocenters. The molecule has 1 aliphatic rings. The van der Waals surface area contributed by atoms with E-state index in [9.17, 15) is 8.42 Å². The Morgan fingerprint density at radius 1 is 1.56 bits per heavy atom. The Balaban J connectivity index is 2.16. The molecule has 5 nitrogen and oxygen atoms in total. The van der Waals surface area contributed by atoms with Crippen LogP contribution in [0.25, 0.3) is 0 Å². The largest absolute Gasteiger partial charge is 0.284 e. The first-order chi connectivity index (χ1) is 7.42. The molecule has 0 spiro atoms. The summed E-state index contributed by atoms with van der Waals surface area (Å²) in [5.41, 5.74) is 0.0385. The van der Waals surface area contributed by atoms with E-state index in [1.165, 1.54) is 12.4 Å². The van der Waals surface area contributed by atoms with Crippen LogP contribution in [0.2, 0.25) is 0 Å². The molecule has 0 aliphatic heterocycles. The highest BCUT2D eigenvalue weighted by molar-refractivity contribution is 7.89. The maximum atomic E-state index is 12.0. The van der Waals surface area contributed by atoms with Crippen molar-refractivity contribution in [2.75, 3.05) is 0 Å². The Labute approximate surface area is 95.7 Å². The smallest absolute Gasteiger partial charge is 0.243 e.